The van der Waals surface area contributed by atoms with E-state index in [1.807, 2.05) is 17.5 Å². The number of nitro benzene ring substituents is 1. The summed E-state index contributed by atoms with van der Waals surface area (Å²) in [6.45, 7) is -0.109. The van der Waals surface area contributed by atoms with Gasteiger partial charge in [-0.2, -0.15) is 0 Å². The molecule has 1 aromatic carbocycles. The van der Waals surface area contributed by atoms with E-state index < -0.39 is 27.9 Å². The molecule has 0 radical (unpaired) electrons. The molecule has 2 atom stereocenters. The number of methoxy groups -OCH3 is 1. The van der Waals surface area contributed by atoms with E-state index >= 15 is 0 Å². The van der Waals surface area contributed by atoms with E-state index in [4.69, 9.17) is 9.47 Å². The number of non-ortho nitro benzene ring substituents is 1. The molecule has 10 nitrogen and oxygen atoms in total. The number of nitro groups is 1. The molecule has 1 aromatic heterocycles. The molecule has 4 rings (SSSR count). The number of carbonyl (C=O) groups excluding carboxylic acids is 3. The molecule has 0 saturated carbocycles. The number of thioether (sulfide) groups is 1. The third-order valence-corrected chi connectivity index (χ3v) is 8.71. The lowest BCUT2D eigenvalue weighted by Crippen LogP contribution is -2.80. The molecular weight excluding hydrogens is 609 g/mol. The van der Waals surface area contributed by atoms with Crippen molar-refractivity contribution in [1.29, 1.82) is 0 Å². The third kappa shape index (κ3) is 4.94. The van der Waals surface area contributed by atoms with Crippen LogP contribution in [-0.4, -0.2) is 56.0 Å². The molecule has 184 valence electrons. The Kier molecular flexibility index (Phi) is 7.78. The number of thiophene rings is 1. The zero-order chi connectivity index (χ0) is 25.2. The number of rotatable bonds is 9. The number of hydrogen-bond acceptors (Lipinski definition) is 9. The van der Waals surface area contributed by atoms with E-state index in [1.54, 1.807) is 0 Å². The fourth-order valence-corrected chi connectivity index (χ4v) is 6.93. The zero-order valence-electron chi connectivity index (χ0n) is 18.4. The summed E-state index contributed by atoms with van der Waals surface area (Å²) in [4.78, 5) is 51.5. The minimum absolute atomic E-state index is 0.0645. The predicted octanol–water partition coefficient (Wildman–Crippen LogP) is 3.01. The molecule has 2 aliphatic rings. The first-order valence-electron chi connectivity index (χ1n) is 10.3. The summed E-state index contributed by atoms with van der Waals surface area (Å²) in [5, 5.41) is 14.8. The van der Waals surface area contributed by atoms with Gasteiger partial charge < -0.3 is 14.8 Å². The second-order valence-corrected chi connectivity index (χ2v) is 10.5. The van der Waals surface area contributed by atoms with Gasteiger partial charge in [0.15, 0.2) is 0 Å². The van der Waals surface area contributed by atoms with Gasteiger partial charge in [0, 0.05) is 34.3 Å². The monoisotopic (exact) mass is 629 g/mol. The molecule has 3 heterocycles. The van der Waals surface area contributed by atoms with Crippen molar-refractivity contribution in [1.82, 2.24) is 10.2 Å². The highest BCUT2D eigenvalue weighted by Gasteiger charge is 2.66. The van der Waals surface area contributed by atoms with Crippen LogP contribution in [0, 0.1) is 10.1 Å². The van der Waals surface area contributed by atoms with Gasteiger partial charge in [0.1, 0.15) is 17.7 Å². The SMILES string of the molecule is COC1(NC(=O)Cc2cccs2)C(=O)N2C(C(=O)OCc3ccc([N+](=O)[O-])cc3)=C(CI)CS[C@@H]21. The molecule has 1 saturated heterocycles. The summed E-state index contributed by atoms with van der Waals surface area (Å²) < 4.78 is 11.5. The number of ether oxygens (including phenoxy) is 2. The lowest BCUT2D eigenvalue weighted by molar-refractivity contribution is -0.384. The molecule has 2 amide bonds. The zero-order valence-corrected chi connectivity index (χ0v) is 22.2. The van der Waals surface area contributed by atoms with E-state index in [2.05, 4.69) is 27.9 Å². The Labute approximate surface area is 222 Å². The number of carbonyl (C=O) groups is 3. The number of nitrogens with zero attached hydrogens (tertiary/aromatic N) is 2. The summed E-state index contributed by atoms with van der Waals surface area (Å²) in [6.07, 6.45) is 0.117. The van der Waals surface area contributed by atoms with Crippen molar-refractivity contribution in [2.24, 2.45) is 0 Å². The van der Waals surface area contributed by atoms with Crippen LogP contribution in [0.5, 0.6) is 0 Å². The Morgan fingerprint density at radius 2 is 2.06 bits per heavy atom. The van der Waals surface area contributed by atoms with Crippen LogP contribution in [0.2, 0.25) is 0 Å². The first-order chi connectivity index (χ1) is 16.8. The standard InChI is InChI=1S/C22H20IN3O7S2/c1-32-22(24-17(27)9-16-3-2-8-34-16)20(29)25-18(14(10-23)12-35-21(22)25)19(28)33-11-13-4-6-15(7-5-13)26(30)31/h2-8,21H,9-12H2,1H3,(H,24,27)/t21-,22?/m1/s1. The lowest BCUT2D eigenvalue weighted by Gasteiger charge is -2.56. The van der Waals surface area contributed by atoms with Gasteiger partial charge in [-0.1, -0.05) is 28.7 Å². The number of benzene rings is 1. The van der Waals surface area contributed by atoms with Crippen molar-refractivity contribution in [3.63, 3.8) is 0 Å². The Balaban J connectivity index is 1.48. The molecule has 1 unspecified atom stereocenters. The summed E-state index contributed by atoms with van der Waals surface area (Å²) in [6, 6.07) is 9.35. The van der Waals surface area contributed by atoms with Crippen molar-refractivity contribution in [3.05, 3.63) is 73.6 Å². The van der Waals surface area contributed by atoms with Gasteiger partial charge in [-0.05, 0) is 34.7 Å². The molecule has 2 aliphatic heterocycles. The first kappa shape index (κ1) is 25.6. The normalized spacial score (nSPS) is 21.3. The minimum Gasteiger partial charge on any atom is -0.456 e. The van der Waals surface area contributed by atoms with Crippen molar-refractivity contribution in [2.75, 3.05) is 17.3 Å². The van der Waals surface area contributed by atoms with Crippen LogP contribution in [-0.2, 0) is 36.9 Å². The van der Waals surface area contributed by atoms with Crippen molar-refractivity contribution in [3.8, 4) is 0 Å². The van der Waals surface area contributed by atoms with Crippen LogP contribution in [0.3, 0.4) is 0 Å². The largest absolute Gasteiger partial charge is 0.456 e. The Hall–Kier alpha value is -2.49. The smallest absolute Gasteiger partial charge is 0.355 e. The van der Waals surface area contributed by atoms with Crippen LogP contribution >= 0.6 is 45.7 Å². The summed E-state index contributed by atoms with van der Waals surface area (Å²) >= 11 is 4.97. The second kappa shape index (κ2) is 10.6. The highest BCUT2D eigenvalue weighted by Crippen LogP contribution is 2.47. The fraction of sp³-hybridized carbons (Fsp3) is 0.318. The maximum atomic E-state index is 13.3. The Bertz CT molecular complexity index is 1190. The summed E-state index contributed by atoms with van der Waals surface area (Å²) in [5.74, 6) is -1.11. The number of fused-ring (bicyclic) bond motifs is 1. The lowest BCUT2D eigenvalue weighted by atomic mass is 9.98. The molecule has 0 bridgehead atoms. The summed E-state index contributed by atoms with van der Waals surface area (Å²) in [5.41, 5.74) is -0.173. The molecule has 1 N–H and O–H groups in total. The highest BCUT2D eigenvalue weighted by atomic mass is 127. The minimum atomic E-state index is -1.57. The van der Waals surface area contributed by atoms with Crippen LogP contribution in [0.15, 0.2) is 53.0 Å². The third-order valence-electron chi connectivity index (χ3n) is 5.54. The van der Waals surface area contributed by atoms with Gasteiger partial charge in [0.25, 0.3) is 17.3 Å². The quantitative estimate of drug-likeness (QED) is 0.0854. The molecule has 13 heteroatoms. The molecular formula is C22H20IN3O7S2. The predicted molar refractivity (Wildman–Crippen MR) is 138 cm³/mol. The number of β-lactam (4-membered cyclic amide) rings is 1. The average Bonchev–Trinajstić information content (AvgIpc) is 3.37. The van der Waals surface area contributed by atoms with Gasteiger partial charge in [-0.3, -0.25) is 24.6 Å². The first-order valence-corrected chi connectivity index (χ1v) is 13.8. The van der Waals surface area contributed by atoms with Gasteiger partial charge >= 0.3 is 5.97 Å². The van der Waals surface area contributed by atoms with Gasteiger partial charge in [-0.25, -0.2) is 4.79 Å². The van der Waals surface area contributed by atoms with Crippen LogP contribution in [0.25, 0.3) is 0 Å². The summed E-state index contributed by atoms with van der Waals surface area (Å²) in [7, 11) is 1.35. The topological polar surface area (TPSA) is 128 Å². The Morgan fingerprint density at radius 1 is 1.31 bits per heavy atom. The number of esters is 1. The van der Waals surface area contributed by atoms with Gasteiger partial charge in [-0.15, -0.1) is 23.1 Å². The molecule has 0 spiro atoms. The van der Waals surface area contributed by atoms with E-state index in [9.17, 15) is 24.5 Å². The van der Waals surface area contributed by atoms with E-state index in [1.165, 1.54) is 59.4 Å². The Morgan fingerprint density at radius 3 is 2.66 bits per heavy atom. The molecule has 0 aliphatic carbocycles. The van der Waals surface area contributed by atoms with Crippen molar-refractivity contribution in [2.45, 2.75) is 24.1 Å². The number of halogens is 1. The van der Waals surface area contributed by atoms with Crippen molar-refractivity contribution < 1.29 is 28.8 Å². The number of hydrogen-bond donors (Lipinski definition) is 1. The molecule has 1 fully saturated rings. The van der Waals surface area contributed by atoms with Crippen molar-refractivity contribution >= 4 is 69.2 Å². The molecule has 2 aromatic rings. The van der Waals surface area contributed by atoms with Gasteiger partial charge in [0.2, 0.25) is 5.91 Å². The second-order valence-electron chi connectivity index (χ2n) is 7.67. The van der Waals surface area contributed by atoms with E-state index in [-0.39, 0.29) is 30.3 Å². The maximum Gasteiger partial charge on any atom is 0.355 e. The fourth-order valence-electron chi connectivity index (χ4n) is 3.79. The van der Waals surface area contributed by atoms with Gasteiger partial charge in [0.05, 0.1) is 11.3 Å². The number of nitrogens with one attached hydrogen (secondary N) is 1. The van der Waals surface area contributed by atoms with E-state index in [0.29, 0.717) is 15.7 Å². The van der Waals surface area contributed by atoms with Crippen LogP contribution in [0.1, 0.15) is 10.4 Å². The average molecular weight is 629 g/mol. The van der Waals surface area contributed by atoms with Crippen LogP contribution in [0.4, 0.5) is 5.69 Å². The maximum absolute atomic E-state index is 13.3. The van der Waals surface area contributed by atoms with E-state index in [0.717, 1.165) is 10.5 Å². The number of alkyl halides is 1. The number of amides is 2. The van der Waals surface area contributed by atoms with Crippen LogP contribution < -0.4 is 5.32 Å². The highest BCUT2D eigenvalue weighted by molar-refractivity contribution is 14.1. The molecule has 35 heavy (non-hydrogen) atoms.